The highest BCUT2D eigenvalue weighted by molar-refractivity contribution is 8.76. The lowest BCUT2D eigenvalue weighted by Crippen LogP contribution is -1.70. The first-order valence-corrected chi connectivity index (χ1v) is 9.10. The highest BCUT2D eigenvalue weighted by Crippen LogP contribution is 2.40. The quantitative estimate of drug-likeness (QED) is 0.466. The van der Waals surface area contributed by atoms with Crippen molar-refractivity contribution in [2.75, 3.05) is 0 Å². The zero-order valence-electron chi connectivity index (χ0n) is 11.6. The van der Waals surface area contributed by atoms with Gasteiger partial charge in [0.15, 0.2) is 0 Å². The van der Waals surface area contributed by atoms with Crippen LogP contribution in [0.4, 0.5) is 0 Å². The molecule has 22 heavy (non-hydrogen) atoms. The van der Waals surface area contributed by atoms with Crippen LogP contribution in [0.1, 0.15) is 0 Å². The van der Waals surface area contributed by atoms with Gasteiger partial charge >= 0.3 is 0 Å². The molecule has 0 amide bonds. The Morgan fingerprint density at radius 1 is 0.545 bits per heavy atom. The first-order chi connectivity index (χ1) is 10.9. The maximum atomic E-state index is 4.65. The summed E-state index contributed by atoms with van der Waals surface area (Å²) in [6.45, 7) is 0. The third-order valence-corrected chi connectivity index (χ3v) is 5.45. The molecule has 0 saturated heterocycles. The number of fused-ring (bicyclic) bond motifs is 2. The van der Waals surface area contributed by atoms with Gasteiger partial charge in [-0.15, -0.1) is 0 Å². The van der Waals surface area contributed by atoms with E-state index in [4.69, 9.17) is 0 Å². The van der Waals surface area contributed by atoms with Gasteiger partial charge in [-0.3, -0.25) is 0 Å². The third-order valence-electron chi connectivity index (χ3n) is 3.33. The van der Waals surface area contributed by atoms with E-state index in [1.807, 2.05) is 48.5 Å². The average molecular weight is 320 g/mol. The molecule has 0 bridgehead atoms. The van der Waals surface area contributed by atoms with Gasteiger partial charge in [-0.25, -0.2) is 9.97 Å². The molecule has 0 saturated carbocycles. The predicted octanol–water partition coefficient (Wildman–Crippen LogP) is 5.49. The van der Waals surface area contributed by atoms with Crippen molar-refractivity contribution in [1.29, 1.82) is 0 Å². The second kappa shape index (κ2) is 5.99. The number of aromatic nitrogens is 2. The fourth-order valence-corrected chi connectivity index (χ4v) is 4.11. The highest BCUT2D eigenvalue weighted by atomic mass is 33.1. The molecule has 0 fully saturated rings. The molecule has 4 heteroatoms. The minimum Gasteiger partial charge on any atom is -0.241 e. The molecule has 2 heterocycles. The summed E-state index contributed by atoms with van der Waals surface area (Å²) in [7, 11) is 3.30. The Balaban J connectivity index is 1.56. The summed E-state index contributed by atoms with van der Waals surface area (Å²) in [5.41, 5.74) is 4.39. The van der Waals surface area contributed by atoms with Crippen LogP contribution in [0.3, 0.4) is 0 Å². The molecule has 0 aromatic heterocycles. The van der Waals surface area contributed by atoms with Gasteiger partial charge in [0.2, 0.25) is 0 Å². The van der Waals surface area contributed by atoms with Crippen LogP contribution in [0, 0.1) is 0 Å². The van der Waals surface area contributed by atoms with Crippen molar-refractivity contribution in [3.05, 3.63) is 72.8 Å². The van der Waals surface area contributed by atoms with E-state index in [9.17, 15) is 0 Å². The van der Waals surface area contributed by atoms with Crippen molar-refractivity contribution >= 4 is 21.6 Å². The van der Waals surface area contributed by atoms with E-state index in [-0.39, 0.29) is 0 Å². The van der Waals surface area contributed by atoms with E-state index in [2.05, 4.69) is 34.2 Å². The molecule has 2 aliphatic carbocycles. The van der Waals surface area contributed by atoms with Gasteiger partial charge in [0, 0.05) is 11.1 Å². The Hall–Kier alpha value is -2.04. The summed E-state index contributed by atoms with van der Waals surface area (Å²) in [4.78, 5) is 9.29. The van der Waals surface area contributed by atoms with Crippen LogP contribution in [0.5, 0.6) is 0 Å². The zero-order valence-corrected chi connectivity index (χ0v) is 13.3. The van der Waals surface area contributed by atoms with Crippen LogP contribution in [0.25, 0.3) is 22.5 Å². The number of hydrogen-bond acceptors (Lipinski definition) is 4. The van der Waals surface area contributed by atoms with Gasteiger partial charge in [0.25, 0.3) is 0 Å². The summed E-state index contributed by atoms with van der Waals surface area (Å²) in [5.74, 6) is 0. The summed E-state index contributed by atoms with van der Waals surface area (Å²) in [6, 6.07) is 24.6. The van der Waals surface area contributed by atoms with Crippen molar-refractivity contribution in [3.63, 3.8) is 0 Å². The van der Waals surface area contributed by atoms with Crippen LogP contribution in [0.15, 0.2) is 82.8 Å². The molecule has 0 N–H and O–H groups in total. The molecule has 0 aromatic carbocycles. The van der Waals surface area contributed by atoms with Crippen molar-refractivity contribution < 1.29 is 0 Å². The maximum absolute atomic E-state index is 4.65. The third kappa shape index (κ3) is 2.80. The van der Waals surface area contributed by atoms with Gasteiger partial charge in [-0.1, -0.05) is 48.5 Å². The second-order valence-corrected chi connectivity index (χ2v) is 7.03. The van der Waals surface area contributed by atoms with Crippen molar-refractivity contribution in [3.8, 4) is 22.5 Å². The highest BCUT2D eigenvalue weighted by Gasteiger charge is 2.11. The average Bonchev–Trinajstić information content (AvgIpc) is 2.94. The molecular weight excluding hydrogens is 308 g/mol. The maximum Gasteiger partial charge on any atom is 0.108 e. The first-order valence-electron chi connectivity index (χ1n) is 6.95. The molecule has 0 unspecified atom stereocenters. The Labute approximate surface area is 137 Å². The predicted molar refractivity (Wildman–Crippen MR) is 93.4 cm³/mol. The fraction of sp³-hybridized carbons (Fsp3) is 0. The van der Waals surface area contributed by atoms with Gasteiger partial charge in [0.05, 0.1) is 11.4 Å². The summed E-state index contributed by atoms with van der Waals surface area (Å²) < 4.78 is 0. The number of rotatable bonds is 3. The molecule has 0 radical (unpaired) electrons. The molecule has 2 aliphatic heterocycles. The largest absolute Gasteiger partial charge is 0.241 e. The van der Waals surface area contributed by atoms with Gasteiger partial charge in [-0.2, -0.15) is 0 Å². The SMILES string of the molecule is c1ccc2cc(SSc3cc4cccccc-4n3)nc-2cc1. The number of hydrogen-bond donors (Lipinski definition) is 0. The first kappa shape index (κ1) is 13.6. The van der Waals surface area contributed by atoms with E-state index >= 15 is 0 Å². The molecule has 106 valence electrons. The standard InChI is InChI=1S/C18H12N2S2/c1-3-7-13-11-17(19-15(13)9-5-1)21-22-18-12-14-8-4-2-6-10-16(14)20-18/h1-12H. The van der Waals surface area contributed by atoms with Crippen LogP contribution in [-0.2, 0) is 0 Å². The van der Waals surface area contributed by atoms with Crippen LogP contribution in [-0.4, -0.2) is 9.97 Å². The second-order valence-electron chi connectivity index (χ2n) is 4.86. The van der Waals surface area contributed by atoms with Crippen LogP contribution in [0.2, 0.25) is 0 Å². The summed E-state index contributed by atoms with van der Waals surface area (Å²) in [5, 5.41) is 2.03. The lowest BCUT2D eigenvalue weighted by atomic mass is 10.2. The van der Waals surface area contributed by atoms with Crippen molar-refractivity contribution in [2.45, 2.75) is 10.1 Å². The topological polar surface area (TPSA) is 25.8 Å². The minimum absolute atomic E-state index is 1.02. The molecule has 0 aromatic rings. The Morgan fingerprint density at radius 3 is 1.50 bits per heavy atom. The molecule has 4 aliphatic rings. The van der Waals surface area contributed by atoms with Gasteiger partial charge in [0.1, 0.15) is 10.1 Å². The van der Waals surface area contributed by atoms with Gasteiger partial charge in [-0.05, 0) is 45.9 Å². The molecule has 2 nitrogen and oxygen atoms in total. The lowest BCUT2D eigenvalue weighted by molar-refractivity contribution is 1.22. The molecular formula is C18H12N2S2. The monoisotopic (exact) mass is 320 g/mol. The van der Waals surface area contributed by atoms with Gasteiger partial charge < -0.3 is 0 Å². The summed E-state index contributed by atoms with van der Waals surface area (Å²) in [6.07, 6.45) is 0. The Kier molecular flexibility index (Phi) is 3.70. The molecule has 4 rings (SSSR count). The van der Waals surface area contributed by atoms with E-state index in [1.54, 1.807) is 21.6 Å². The van der Waals surface area contributed by atoms with E-state index in [0.29, 0.717) is 0 Å². The zero-order chi connectivity index (χ0) is 14.8. The smallest absolute Gasteiger partial charge is 0.108 e. The van der Waals surface area contributed by atoms with E-state index in [0.717, 1.165) is 21.4 Å². The fourth-order valence-electron chi connectivity index (χ4n) is 2.29. The Morgan fingerprint density at radius 2 is 1.00 bits per heavy atom. The van der Waals surface area contributed by atoms with Crippen LogP contribution < -0.4 is 0 Å². The van der Waals surface area contributed by atoms with E-state index < -0.39 is 0 Å². The molecule has 0 spiro atoms. The molecule has 0 atom stereocenters. The van der Waals surface area contributed by atoms with E-state index in [1.165, 1.54) is 11.1 Å². The Bertz CT molecular complexity index is 729. The number of nitrogens with zero attached hydrogens (tertiary/aromatic N) is 2. The summed E-state index contributed by atoms with van der Waals surface area (Å²) >= 11 is 0. The van der Waals surface area contributed by atoms with Crippen molar-refractivity contribution in [1.82, 2.24) is 9.97 Å². The minimum atomic E-state index is 1.02. The van der Waals surface area contributed by atoms with Crippen LogP contribution >= 0.6 is 21.6 Å². The normalized spacial score (nSPS) is 11.1. The van der Waals surface area contributed by atoms with Crippen molar-refractivity contribution in [2.24, 2.45) is 0 Å². The lowest BCUT2D eigenvalue weighted by Gasteiger charge is -1.91.